The number of anilines is 1. The Kier molecular flexibility index (Phi) is 5.47. The zero-order chi connectivity index (χ0) is 20.4. The largest absolute Gasteiger partial charge is 0.454 e. The molecule has 9 heteroatoms. The molecule has 0 unspecified atom stereocenters. The zero-order valence-electron chi connectivity index (χ0n) is 16.4. The molecule has 1 spiro atoms. The minimum Gasteiger partial charge on any atom is -0.454 e. The topological polar surface area (TPSA) is 85.2 Å². The average molecular weight is 443 g/mol. The van der Waals surface area contributed by atoms with Crippen LogP contribution in [0.2, 0.25) is 0 Å². The molecule has 30 heavy (non-hydrogen) atoms. The third kappa shape index (κ3) is 4.09. The number of carbonyl (C=O) groups is 1. The summed E-state index contributed by atoms with van der Waals surface area (Å²) in [7, 11) is 0. The number of hydrogen-bond donors (Lipinski definition) is 1. The van der Waals surface area contributed by atoms with Crippen LogP contribution in [0, 0.1) is 0 Å². The van der Waals surface area contributed by atoms with Gasteiger partial charge >= 0.3 is 0 Å². The van der Waals surface area contributed by atoms with Gasteiger partial charge in [-0.15, -0.1) is 11.3 Å². The average Bonchev–Trinajstić information content (AvgIpc) is 3.45. The predicted molar refractivity (Wildman–Crippen MR) is 120 cm³/mol. The summed E-state index contributed by atoms with van der Waals surface area (Å²) < 4.78 is 10.7. The second-order valence-corrected chi connectivity index (χ2v) is 9.37. The second kappa shape index (κ2) is 8.39. The number of nitrogens with zero attached hydrogens (tertiary/aromatic N) is 3. The minimum atomic E-state index is -0.367. The number of thiazole rings is 1. The van der Waals surface area contributed by atoms with Gasteiger partial charge in [0.1, 0.15) is 15.8 Å². The molecule has 1 fully saturated rings. The molecule has 2 aliphatic heterocycles. The van der Waals surface area contributed by atoms with Crippen LogP contribution >= 0.6 is 23.1 Å². The van der Waals surface area contributed by atoms with E-state index in [1.807, 2.05) is 11.4 Å². The maximum absolute atomic E-state index is 12.6. The lowest BCUT2D eigenvalue weighted by molar-refractivity contribution is -0.113. The van der Waals surface area contributed by atoms with Crippen molar-refractivity contribution in [2.75, 3.05) is 17.9 Å². The lowest BCUT2D eigenvalue weighted by Crippen LogP contribution is -2.20. The van der Waals surface area contributed by atoms with E-state index in [2.05, 4.69) is 10.3 Å². The first-order chi connectivity index (χ1) is 14.7. The summed E-state index contributed by atoms with van der Waals surface area (Å²) in [5.41, 5.74) is 1.16. The Morgan fingerprint density at radius 2 is 1.97 bits per heavy atom. The fraction of sp³-hybridized carbons (Fsp3) is 0.429. The first kappa shape index (κ1) is 19.6. The molecule has 7 nitrogen and oxygen atoms in total. The van der Waals surface area contributed by atoms with E-state index in [1.165, 1.54) is 24.6 Å². The van der Waals surface area contributed by atoms with Crippen LogP contribution in [0.5, 0.6) is 11.5 Å². The minimum absolute atomic E-state index is 0.0955. The Balaban J connectivity index is 1.29. The van der Waals surface area contributed by atoms with E-state index in [1.54, 1.807) is 29.7 Å². The van der Waals surface area contributed by atoms with E-state index in [0.29, 0.717) is 17.2 Å². The second-order valence-electron chi connectivity index (χ2n) is 7.52. The fourth-order valence-electron chi connectivity index (χ4n) is 3.93. The quantitative estimate of drug-likeness (QED) is 0.754. The molecule has 1 N–H and O–H groups in total. The SMILES string of the molecule is O=C(CSC1=NC2(CCCCCC2)N=C1c1nccs1)Nc1ccc2c(c1)OCO2. The van der Waals surface area contributed by atoms with Gasteiger partial charge in [-0.05, 0) is 37.8 Å². The van der Waals surface area contributed by atoms with Crippen LogP contribution in [0.1, 0.15) is 43.5 Å². The molecule has 2 aromatic rings. The molecular formula is C21H22N4O3S2. The van der Waals surface area contributed by atoms with Crippen molar-refractivity contribution in [3.63, 3.8) is 0 Å². The Labute approximate surface area is 183 Å². The summed E-state index contributed by atoms with van der Waals surface area (Å²) in [5.74, 6) is 1.50. The van der Waals surface area contributed by atoms with Crippen LogP contribution in [0.4, 0.5) is 5.69 Å². The number of hydrogen-bond acceptors (Lipinski definition) is 8. The van der Waals surface area contributed by atoms with Crippen molar-refractivity contribution in [3.05, 3.63) is 34.8 Å². The van der Waals surface area contributed by atoms with Crippen molar-refractivity contribution < 1.29 is 14.3 Å². The maximum atomic E-state index is 12.6. The number of aromatic nitrogens is 1. The van der Waals surface area contributed by atoms with Crippen LogP contribution in [0.25, 0.3) is 0 Å². The number of amides is 1. The molecule has 1 saturated carbocycles. The molecule has 3 aliphatic rings. The van der Waals surface area contributed by atoms with Gasteiger partial charge in [-0.3, -0.25) is 4.79 Å². The lowest BCUT2D eigenvalue weighted by Gasteiger charge is -2.20. The van der Waals surface area contributed by atoms with Gasteiger partial charge in [-0.1, -0.05) is 24.6 Å². The van der Waals surface area contributed by atoms with Gasteiger partial charge in [0.15, 0.2) is 17.2 Å². The van der Waals surface area contributed by atoms with Gasteiger partial charge in [-0.2, -0.15) is 0 Å². The van der Waals surface area contributed by atoms with Crippen LogP contribution in [0.15, 0.2) is 39.8 Å². The molecular weight excluding hydrogens is 420 g/mol. The Morgan fingerprint density at radius 3 is 2.77 bits per heavy atom. The molecule has 0 bridgehead atoms. The first-order valence-corrected chi connectivity index (χ1v) is 12.0. The van der Waals surface area contributed by atoms with Crippen LogP contribution in [0.3, 0.4) is 0 Å². The summed E-state index contributed by atoms with van der Waals surface area (Å²) in [5, 5.41) is 6.57. The van der Waals surface area contributed by atoms with Crippen molar-refractivity contribution in [2.45, 2.75) is 44.2 Å². The third-order valence-corrected chi connectivity index (χ3v) is 7.11. The smallest absolute Gasteiger partial charge is 0.234 e. The Morgan fingerprint density at radius 1 is 1.13 bits per heavy atom. The first-order valence-electron chi connectivity index (χ1n) is 10.1. The van der Waals surface area contributed by atoms with Crippen molar-refractivity contribution in [3.8, 4) is 11.5 Å². The van der Waals surface area contributed by atoms with E-state index in [9.17, 15) is 4.79 Å². The summed E-state index contributed by atoms with van der Waals surface area (Å²) in [6.07, 6.45) is 8.47. The van der Waals surface area contributed by atoms with Gasteiger partial charge < -0.3 is 14.8 Å². The van der Waals surface area contributed by atoms with Gasteiger partial charge in [0, 0.05) is 23.3 Å². The van der Waals surface area contributed by atoms with Crippen LogP contribution < -0.4 is 14.8 Å². The Hall–Kier alpha value is -2.39. The van der Waals surface area contributed by atoms with Crippen LogP contribution in [-0.4, -0.2) is 39.9 Å². The standard InChI is InChI=1S/C21H22N4O3S2/c26-17(23-14-5-6-15-16(11-14)28-13-27-15)12-30-20-18(19-22-9-10-29-19)24-21(25-20)7-3-1-2-4-8-21/h5-6,9-11H,1-4,7-8,12-13H2,(H,23,26). The highest BCUT2D eigenvalue weighted by atomic mass is 32.2. The number of thioether (sulfide) groups is 1. The molecule has 0 radical (unpaired) electrons. The summed E-state index contributed by atoms with van der Waals surface area (Å²) in [6, 6.07) is 5.39. The molecule has 0 saturated heterocycles. The van der Waals surface area contributed by atoms with Crippen molar-refractivity contribution >= 4 is 45.4 Å². The normalized spacial score (nSPS) is 19.3. The van der Waals surface area contributed by atoms with E-state index < -0.39 is 0 Å². The summed E-state index contributed by atoms with van der Waals surface area (Å²) in [6.45, 7) is 0.211. The molecule has 156 valence electrons. The molecule has 1 aromatic carbocycles. The third-order valence-electron chi connectivity index (χ3n) is 5.37. The van der Waals surface area contributed by atoms with Crippen molar-refractivity contribution in [2.24, 2.45) is 9.98 Å². The number of fused-ring (bicyclic) bond motifs is 1. The molecule has 3 heterocycles. The highest BCUT2D eigenvalue weighted by molar-refractivity contribution is 8.16. The van der Waals surface area contributed by atoms with E-state index in [0.717, 1.165) is 41.4 Å². The molecule has 1 aliphatic carbocycles. The van der Waals surface area contributed by atoms with Gasteiger partial charge in [0.2, 0.25) is 12.7 Å². The zero-order valence-corrected chi connectivity index (χ0v) is 18.1. The fourth-order valence-corrected chi connectivity index (χ4v) is 5.47. The number of nitrogens with one attached hydrogen (secondary N) is 1. The molecule has 0 atom stereocenters. The number of benzene rings is 1. The van der Waals surface area contributed by atoms with Crippen molar-refractivity contribution in [1.82, 2.24) is 4.98 Å². The predicted octanol–water partition coefficient (Wildman–Crippen LogP) is 4.50. The van der Waals surface area contributed by atoms with E-state index in [-0.39, 0.29) is 24.1 Å². The molecule has 1 amide bonds. The van der Waals surface area contributed by atoms with Gasteiger partial charge in [0.05, 0.1) is 5.75 Å². The van der Waals surface area contributed by atoms with Crippen molar-refractivity contribution in [1.29, 1.82) is 0 Å². The molecule has 1 aromatic heterocycles. The number of carbonyl (C=O) groups excluding carboxylic acids is 1. The lowest BCUT2D eigenvalue weighted by atomic mass is 10.0. The number of aliphatic imine (C=N–C) groups is 2. The maximum Gasteiger partial charge on any atom is 0.234 e. The number of ether oxygens (including phenoxy) is 2. The number of rotatable bonds is 4. The highest BCUT2D eigenvalue weighted by Crippen LogP contribution is 2.38. The Bertz CT molecular complexity index is 996. The van der Waals surface area contributed by atoms with E-state index >= 15 is 0 Å². The summed E-state index contributed by atoms with van der Waals surface area (Å²) in [4.78, 5) is 27.1. The van der Waals surface area contributed by atoms with Crippen LogP contribution in [-0.2, 0) is 4.79 Å². The van der Waals surface area contributed by atoms with Gasteiger partial charge in [0.25, 0.3) is 0 Å². The van der Waals surface area contributed by atoms with E-state index in [4.69, 9.17) is 19.5 Å². The molecule has 5 rings (SSSR count). The monoisotopic (exact) mass is 442 g/mol. The van der Waals surface area contributed by atoms with Gasteiger partial charge in [-0.25, -0.2) is 15.0 Å². The highest BCUT2D eigenvalue weighted by Gasteiger charge is 2.37. The summed E-state index contributed by atoms with van der Waals surface area (Å²) >= 11 is 3.00.